The highest BCUT2D eigenvalue weighted by Gasteiger charge is 2.67. The molecular formula is C7H8Br2O2. The number of carbonyl (C=O) groups is 1. The molecule has 11 heavy (non-hydrogen) atoms. The fraction of sp³-hybridized carbons (Fsp3) is 0.857. The number of ketones is 1. The van der Waals surface area contributed by atoms with Crippen LogP contribution in [0.3, 0.4) is 0 Å². The van der Waals surface area contributed by atoms with Gasteiger partial charge in [0.1, 0.15) is 6.10 Å². The average molecular weight is 284 g/mol. The minimum Gasteiger partial charge on any atom is -0.385 e. The monoisotopic (exact) mass is 282 g/mol. The molecule has 1 N–H and O–H groups in total. The molecule has 0 bridgehead atoms. The van der Waals surface area contributed by atoms with E-state index in [1.165, 1.54) is 0 Å². The van der Waals surface area contributed by atoms with Crippen molar-refractivity contribution in [2.75, 3.05) is 0 Å². The topological polar surface area (TPSA) is 37.3 Å². The molecule has 0 aromatic heterocycles. The van der Waals surface area contributed by atoms with E-state index < -0.39 is 6.10 Å². The van der Waals surface area contributed by atoms with Crippen LogP contribution < -0.4 is 0 Å². The normalized spacial score (nSPS) is 46.8. The lowest BCUT2D eigenvalue weighted by Crippen LogP contribution is -2.26. The maximum Gasteiger partial charge on any atom is 0.166 e. The number of alkyl halides is 2. The Morgan fingerprint density at radius 3 is 2.64 bits per heavy atom. The third kappa shape index (κ3) is 1.03. The molecule has 3 unspecified atom stereocenters. The summed E-state index contributed by atoms with van der Waals surface area (Å²) in [6, 6.07) is 0. The standard InChI is InChI=1S/C7H8Br2O2/c8-7(9)3-1-2-4(10)6(11)5(3)7/h3-5,10H,1-2H2. The van der Waals surface area contributed by atoms with Gasteiger partial charge in [-0.05, 0) is 18.8 Å². The van der Waals surface area contributed by atoms with Gasteiger partial charge in [0.25, 0.3) is 0 Å². The molecule has 2 nitrogen and oxygen atoms in total. The van der Waals surface area contributed by atoms with E-state index in [9.17, 15) is 9.90 Å². The van der Waals surface area contributed by atoms with Gasteiger partial charge in [0.05, 0.1) is 9.15 Å². The lowest BCUT2D eigenvalue weighted by Gasteiger charge is -2.12. The third-order valence-electron chi connectivity index (χ3n) is 2.59. The average Bonchev–Trinajstić information content (AvgIpc) is 2.46. The zero-order valence-electron chi connectivity index (χ0n) is 5.76. The molecule has 2 aliphatic carbocycles. The summed E-state index contributed by atoms with van der Waals surface area (Å²) in [5.41, 5.74) is 0. The second kappa shape index (κ2) is 2.30. The molecule has 3 atom stereocenters. The van der Waals surface area contributed by atoms with Crippen molar-refractivity contribution in [3.63, 3.8) is 0 Å². The fourth-order valence-corrected chi connectivity index (χ4v) is 3.64. The van der Waals surface area contributed by atoms with Gasteiger partial charge in [-0.1, -0.05) is 31.9 Å². The number of aliphatic hydroxyl groups is 1. The highest BCUT2D eigenvalue weighted by atomic mass is 79.9. The Kier molecular flexibility index (Phi) is 1.71. The van der Waals surface area contributed by atoms with Crippen LogP contribution in [0.4, 0.5) is 0 Å². The SMILES string of the molecule is O=C1C(O)CCC2C1C2(Br)Br. The molecule has 0 radical (unpaired) electrons. The lowest BCUT2D eigenvalue weighted by atomic mass is 9.97. The van der Waals surface area contributed by atoms with Gasteiger partial charge < -0.3 is 5.11 Å². The van der Waals surface area contributed by atoms with E-state index in [-0.39, 0.29) is 14.9 Å². The minimum absolute atomic E-state index is 0.00463. The molecule has 2 rings (SSSR count). The van der Waals surface area contributed by atoms with Crippen LogP contribution in [-0.2, 0) is 4.79 Å². The zero-order valence-corrected chi connectivity index (χ0v) is 8.93. The van der Waals surface area contributed by atoms with Crippen LogP contribution in [0.1, 0.15) is 12.8 Å². The van der Waals surface area contributed by atoms with Gasteiger partial charge in [0.2, 0.25) is 0 Å². The van der Waals surface area contributed by atoms with Gasteiger partial charge >= 0.3 is 0 Å². The molecule has 4 heteroatoms. The minimum atomic E-state index is -0.715. The quantitative estimate of drug-likeness (QED) is 0.683. The summed E-state index contributed by atoms with van der Waals surface area (Å²) >= 11 is 6.86. The van der Waals surface area contributed by atoms with Gasteiger partial charge in [-0.3, -0.25) is 4.79 Å². The number of halogens is 2. The summed E-state index contributed by atoms with van der Waals surface area (Å²) in [5, 5.41) is 9.22. The Bertz CT molecular complexity index is 214. The first-order valence-electron chi connectivity index (χ1n) is 3.64. The summed E-state index contributed by atoms with van der Waals surface area (Å²) in [6.45, 7) is 0. The van der Waals surface area contributed by atoms with Crippen LogP contribution in [0.25, 0.3) is 0 Å². The van der Waals surface area contributed by atoms with E-state index in [0.717, 1.165) is 6.42 Å². The Labute approximate surface area is 81.6 Å². The van der Waals surface area contributed by atoms with E-state index >= 15 is 0 Å². The molecule has 62 valence electrons. The van der Waals surface area contributed by atoms with Crippen molar-refractivity contribution < 1.29 is 9.90 Å². The second-order valence-electron chi connectivity index (χ2n) is 3.25. The first kappa shape index (κ1) is 8.20. The summed E-state index contributed by atoms with van der Waals surface area (Å²) in [5.74, 6) is 0.402. The molecule has 0 saturated heterocycles. The Morgan fingerprint density at radius 1 is 1.45 bits per heavy atom. The Hall–Kier alpha value is 0.590. The van der Waals surface area contributed by atoms with E-state index in [0.29, 0.717) is 12.3 Å². The van der Waals surface area contributed by atoms with Crippen molar-refractivity contribution >= 4 is 37.6 Å². The summed E-state index contributed by atoms with van der Waals surface area (Å²) in [7, 11) is 0. The van der Waals surface area contributed by atoms with Crippen molar-refractivity contribution in [2.45, 2.75) is 22.2 Å². The van der Waals surface area contributed by atoms with Crippen LogP contribution >= 0.6 is 31.9 Å². The molecule has 2 fully saturated rings. The first-order valence-corrected chi connectivity index (χ1v) is 5.23. The second-order valence-corrected chi connectivity index (χ2v) is 6.94. The van der Waals surface area contributed by atoms with E-state index in [1.807, 2.05) is 0 Å². The predicted molar refractivity (Wildman–Crippen MR) is 47.8 cm³/mol. The van der Waals surface area contributed by atoms with E-state index in [4.69, 9.17) is 0 Å². The summed E-state index contributed by atoms with van der Waals surface area (Å²) in [6.07, 6.45) is 0.848. The largest absolute Gasteiger partial charge is 0.385 e. The van der Waals surface area contributed by atoms with Crippen LogP contribution in [0.2, 0.25) is 0 Å². The third-order valence-corrected chi connectivity index (χ3v) is 4.75. The molecule has 0 aromatic rings. The molecule has 0 amide bonds. The molecule has 2 aliphatic rings. The van der Waals surface area contributed by atoms with Crippen molar-refractivity contribution in [2.24, 2.45) is 11.8 Å². The van der Waals surface area contributed by atoms with Crippen LogP contribution in [0.5, 0.6) is 0 Å². The lowest BCUT2D eigenvalue weighted by molar-refractivity contribution is -0.130. The van der Waals surface area contributed by atoms with Gasteiger partial charge in [-0.15, -0.1) is 0 Å². The number of hydrogen-bond donors (Lipinski definition) is 1. The predicted octanol–water partition coefficient (Wildman–Crippen LogP) is 1.44. The van der Waals surface area contributed by atoms with E-state index in [1.54, 1.807) is 0 Å². The number of Topliss-reactive ketones (excluding diaryl/α,β-unsaturated/α-hetero) is 1. The summed E-state index contributed by atoms with van der Waals surface area (Å²) in [4.78, 5) is 11.3. The number of fused-ring (bicyclic) bond motifs is 1. The smallest absolute Gasteiger partial charge is 0.166 e. The van der Waals surface area contributed by atoms with Gasteiger partial charge in [-0.25, -0.2) is 0 Å². The van der Waals surface area contributed by atoms with Crippen LogP contribution in [0, 0.1) is 11.8 Å². The van der Waals surface area contributed by atoms with Gasteiger partial charge in [0, 0.05) is 0 Å². The van der Waals surface area contributed by atoms with Crippen molar-refractivity contribution in [3.05, 3.63) is 0 Å². The van der Waals surface area contributed by atoms with Crippen molar-refractivity contribution in [1.29, 1.82) is 0 Å². The first-order chi connectivity index (χ1) is 5.05. The molecule has 0 spiro atoms. The highest BCUT2D eigenvalue weighted by molar-refractivity contribution is 9.25. The molecule has 0 aromatic carbocycles. The molecule has 2 saturated carbocycles. The van der Waals surface area contributed by atoms with Gasteiger partial charge in [-0.2, -0.15) is 0 Å². The molecular weight excluding hydrogens is 276 g/mol. The summed E-state index contributed by atoms with van der Waals surface area (Å²) < 4.78 is -0.186. The van der Waals surface area contributed by atoms with Gasteiger partial charge in [0.15, 0.2) is 5.78 Å². The van der Waals surface area contributed by atoms with Crippen molar-refractivity contribution in [1.82, 2.24) is 0 Å². The molecule has 0 aliphatic heterocycles. The van der Waals surface area contributed by atoms with Crippen molar-refractivity contribution in [3.8, 4) is 0 Å². The van der Waals surface area contributed by atoms with Crippen LogP contribution in [-0.4, -0.2) is 20.2 Å². The van der Waals surface area contributed by atoms with E-state index in [2.05, 4.69) is 31.9 Å². The molecule has 0 heterocycles. The maximum atomic E-state index is 11.3. The number of aliphatic hydroxyl groups excluding tert-OH is 1. The number of rotatable bonds is 0. The highest BCUT2D eigenvalue weighted by Crippen LogP contribution is 2.66. The fourth-order valence-electron chi connectivity index (χ4n) is 1.82. The number of hydrogen-bond acceptors (Lipinski definition) is 2. The van der Waals surface area contributed by atoms with Crippen LogP contribution in [0.15, 0.2) is 0 Å². The maximum absolute atomic E-state index is 11.3. The Morgan fingerprint density at radius 2 is 2.09 bits per heavy atom. The number of carbonyl (C=O) groups excluding carboxylic acids is 1. The zero-order chi connectivity index (χ0) is 8.22. The Balaban J connectivity index is 2.19.